The molecular weight excluding hydrogens is 548 g/mol. The van der Waals surface area contributed by atoms with Crippen molar-refractivity contribution < 1.29 is 33.5 Å². The van der Waals surface area contributed by atoms with Gasteiger partial charge in [-0.1, -0.05) is 72.3 Å². The zero-order chi connectivity index (χ0) is 30.0. The van der Waals surface area contributed by atoms with Crippen molar-refractivity contribution in [2.24, 2.45) is 29.4 Å². The number of carbonyl (C=O) groups is 5. The number of hydrogen-bond donors (Lipinski definition) is 2. The van der Waals surface area contributed by atoms with Gasteiger partial charge in [0.1, 0.15) is 18.1 Å². The Morgan fingerprint density at radius 2 is 1.63 bits per heavy atom. The number of ketones is 2. The maximum atomic E-state index is 14.8. The molecule has 1 saturated heterocycles. The first kappa shape index (κ1) is 27.0. The second-order valence-electron chi connectivity index (χ2n) is 11.6. The van der Waals surface area contributed by atoms with Crippen molar-refractivity contribution in [1.82, 2.24) is 4.90 Å². The van der Waals surface area contributed by atoms with Gasteiger partial charge in [-0.3, -0.25) is 19.2 Å². The molecule has 4 amide bonds. The van der Waals surface area contributed by atoms with Crippen molar-refractivity contribution in [3.05, 3.63) is 113 Å². The smallest absolute Gasteiger partial charge is 0.328 e. The Kier molecular flexibility index (Phi) is 6.18. The van der Waals surface area contributed by atoms with Crippen LogP contribution in [-0.4, -0.2) is 39.4 Å². The summed E-state index contributed by atoms with van der Waals surface area (Å²) in [5, 5.41) is 9.85. The van der Waals surface area contributed by atoms with Crippen molar-refractivity contribution in [2.45, 2.75) is 30.8 Å². The van der Waals surface area contributed by atoms with Crippen LogP contribution in [-0.2, 0) is 31.2 Å². The minimum Gasteiger partial charge on any atom is -0.463 e. The number of aliphatic hydroxyl groups excluding tert-OH is 1. The zero-order valence-corrected chi connectivity index (χ0v) is 23.0. The number of amides is 4. The molecule has 43 heavy (non-hydrogen) atoms. The lowest BCUT2D eigenvalue weighted by atomic mass is 9.45. The molecule has 2 heterocycles. The van der Waals surface area contributed by atoms with E-state index in [4.69, 9.17) is 10.2 Å². The summed E-state index contributed by atoms with van der Waals surface area (Å²) in [5.41, 5.74) is 6.24. The van der Waals surface area contributed by atoms with E-state index in [1.54, 1.807) is 36.4 Å². The fourth-order valence-corrected chi connectivity index (χ4v) is 8.03. The highest BCUT2D eigenvalue weighted by Crippen LogP contribution is 2.63. The monoisotopic (exact) mass is 576 g/mol. The van der Waals surface area contributed by atoms with E-state index in [-0.39, 0.29) is 42.3 Å². The zero-order valence-electron chi connectivity index (χ0n) is 23.0. The van der Waals surface area contributed by atoms with Crippen LogP contribution in [0.3, 0.4) is 0 Å². The normalized spacial score (nSPS) is 29.9. The van der Waals surface area contributed by atoms with E-state index in [9.17, 15) is 29.1 Å². The quantitative estimate of drug-likeness (QED) is 0.356. The molecule has 216 valence electrons. The first-order chi connectivity index (χ1) is 20.8. The van der Waals surface area contributed by atoms with Gasteiger partial charge < -0.3 is 15.3 Å². The third kappa shape index (κ3) is 3.71. The summed E-state index contributed by atoms with van der Waals surface area (Å²) in [6, 6.07) is 20.3. The number of carbonyl (C=O) groups excluding carboxylic acids is 5. The van der Waals surface area contributed by atoms with Crippen molar-refractivity contribution >= 4 is 35.0 Å². The number of nitrogens with zero attached hydrogens (tertiary/aromatic N) is 1. The Labute approximate surface area is 246 Å². The number of benzene rings is 2. The van der Waals surface area contributed by atoms with E-state index in [1.165, 1.54) is 6.08 Å². The summed E-state index contributed by atoms with van der Waals surface area (Å²) < 4.78 is 6.12. The summed E-state index contributed by atoms with van der Waals surface area (Å²) >= 11 is 0. The largest absolute Gasteiger partial charge is 0.463 e. The van der Waals surface area contributed by atoms with Crippen LogP contribution in [0.4, 0.5) is 4.79 Å². The lowest BCUT2D eigenvalue weighted by molar-refractivity contribution is -0.137. The topological polar surface area (TPSA) is 148 Å². The average molecular weight is 577 g/mol. The van der Waals surface area contributed by atoms with Crippen LogP contribution >= 0.6 is 0 Å². The summed E-state index contributed by atoms with van der Waals surface area (Å²) in [6.45, 7) is -0.368. The van der Waals surface area contributed by atoms with E-state index >= 15 is 0 Å². The van der Waals surface area contributed by atoms with E-state index < -0.39 is 52.8 Å². The lowest BCUT2D eigenvalue weighted by Gasteiger charge is -2.54. The first-order valence-corrected chi connectivity index (χ1v) is 14.3. The average Bonchev–Trinajstić information content (AvgIpc) is 3.60. The molecule has 6 atom stereocenters. The van der Waals surface area contributed by atoms with Crippen LogP contribution in [0.2, 0.25) is 0 Å². The Morgan fingerprint density at radius 1 is 0.930 bits per heavy atom. The molecular formula is C34H28N2O7. The number of aliphatic hydroxyl groups is 1. The third-order valence-corrected chi connectivity index (χ3v) is 9.72. The fraction of sp³-hybridized carbons (Fsp3) is 0.265. The second kappa shape index (κ2) is 9.84. The van der Waals surface area contributed by atoms with Crippen LogP contribution in [0, 0.1) is 23.7 Å². The molecule has 9 nitrogen and oxygen atoms in total. The molecule has 0 bridgehead atoms. The Morgan fingerprint density at radius 3 is 2.28 bits per heavy atom. The molecule has 1 aromatic heterocycles. The number of furan rings is 1. The van der Waals surface area contributed by atoms with Crippen LogP contribution in [0.25, 0.3) is 5.57 Å². The molecule has 4 aliphatic rings. The van der Waals surface area contributed by atoms with Gasteiger partial charge in [0.15, 0.2) is 11.6 Å². The maximum absolute atomic E-state index is 14.8. The highest BCUT2D eigenvalue weighted by Gasteiger charge is 2.66. The highest BCUT2D eigenvalue weighted by molar-refractivity contribution is 6.31. The minimum absolute atomic E-state index is 0.104. The second-order valence-corrected chi connectivity index (χ2v) is 11.6. The Bertz CT molecular complexity index is 1750. The van der Waals surface area contributed by atoms with Gasteiger partial charge in [0.25, 0.3) is 0 Å². The van der Waals surface area contributed by atoms with Crippen LogP contribution in [0.5, 0.6) is 0 Å². The number of allylic oxidation sites excluding steroid dienone is 4. The number of nitrogens with two attached hydrogens (primary N) is 1. The van der Waals surface area contributed by atoms with Crippen molar-refractivity contribution in [3.8, 4) is 0 Å². The maximum Gasteiger partial charge on any atom is 0.328 e. The van der Waals surface area contributed by atoms with Crippen LogP contribution in [0.15, 0.2) is 94.9 Å². The molecule has 3 aromatic rings. The molecule has 0 radical (unpaired) electrons. The molecule has 9 heteroatoms. The Balaban J connectivity index is 1.50. The van der Waals surface area contributed by atoms with Gasteiger partial charge in [-0.25, -0.2) is 4.79 Å². The SMILES string of the molecule is NC(=O)N1C(=O)C2CC=C3C(CC4C(=O)C(c5ccccc5)=CC(=O)C4(c4ccccc4)C3c3ccc(CO)o3)C2C1=O. The number of Topliss-reactive ketones (excluding diaryl/α,β-unsaturated/α-hetero) is 1. The Hall–Kier alpha value is -4.89. The number of hydrogen-bond acceptors (Lipinski definition) is 7. The van der Waals surface area contributed by atoms with Gasteiger partial charge in [-0.15, -0.1) is 0 Å². The van der Waals surface area contributed by atoms with E-state index in [0.29, 0.717) is 27.4 Å². The molecule has 2 aromatic carbocycles. The van der Waals surface area contributed by atoms with Crippen LogP contribution < -0.4 is 5.73 Å². The third-order valence-electron chi connectivity index (χ3n) is 9.72. The minimum atomic E-state index is -1.43. The summed E-state index contributed by atoms with van der Waals surface area (Å²) in [5.74, 6) is -5.32. The molecule has 0 spiro atoms. The van der Waals surface area contributed by atoms with Crippen molar-refractivity contribution in [2.75, 3.05) is 0 Å². The van der Waals surface area contributed by atoms with E-state index in [0.717, 1.165) is 0 Å². The van der Waals surface area contributed by atoms with E-state index in [1.807, 2.05) is 42.5 Å². The van der Waals surface area contributed by atoms with E-state index in [2.05, 4.69) is 0 Å². The number of likely N-dealkylation sites (tertiary alicyclic amines) is 1. The van der Waals surface area contributed by atoms with Gasteiger partial charge in [-0.05, 0) is 48.1 Å². The highest BCUT2D eigenvalue weighted by atomic mass is 16.4. The molecule has 6 unspecified atom stereocenters. The molecule has 2 fully saturated rings. The summed E-state index contributed by atoms with van der Waals surface area (Å²) in [6.07, 6.45) is 3.56. The summed E-state index contributed by atoms with van der Waals surface area (Å²) in [4.78, 5) is 68.9. The summed E-state index contributed by atoms with van der Waals surface area (Å²) in [7, 11) is 0. The number of urea groups is 1. The van der Waals surface area contributed by atoms with Gasteiger partial charge in [0.2, 0.25) is 11.8 Å². The standard InChI is InChI=1S/C34H28N2O7/c35-33(42)36-31(40)22-13-12-21-24(28(22)32(36)41)15-25-30(39)23(18-7-3-1-4-8-18)16-27(38)34(25,19-9-5-2-6-10-19)29(21)26-14-11-20(17-37)43-26/h1-12,14,16,22,24-25,28-29,37H,13,15,17H2,(H2,35,42). The predicted molar refractivity (Wildman–Crippen MR) is 153 cm³/mol. The van der Waals surface area contributed by atoms with Gasteiger partial charge in [0.05, 0.1) is 23.2 Å². The van der Waals surface area contributed by atoms with Crippen molar-refractivity contribution in [3.63, 3.8) is 0 Å². The van der Waals surface area contributed by atoms with Gasteiger partial charge in [0, 0.05) is 11.5 Å². The molecule has 7 rings (SSSR count). The molecule has 1 aliphatic heterocycles. The van der Waals surface area contributed by atoms with Gasteiger partial charge >= 0.3 is 6.03 Å². The first-order valence-electron chi connectivity index (χ1n) is 14.3. The van der Waals surface area contributed by atoms with Gasteiger partial charge in [-0.2, -0.15) is 4.90 Å². The molecule has 1 saturated carbocycles. The molecule has 3 aliphatic carbocycles. The molecule has 3 N–H and O–H groups in total. The van der Waals surface area contributed by atoms with Crippen molar-refractivity contribution in [1.29, 1.82) is 0 Å². The number of rotatable bonds is 4. The number of primary amides is 1. The number of fused-ring (bicyclic) bond motifs is 4. The number of imide groups is 3. The fourth-order valence-electron chi connectivity index (χ4n) is 8.03. The lowest BCUT2D eigenvalue weighted by Crippen LogP contribution is -2.58. The van der Waals surface area contributed by atoms with Crippen LogP contribution in [0.1, 0.15) is 41.4 Å². The predicted octanol–water partition coefficient (Wildman–Crippen LogP) is 3.68.